The van der Waals surface area contributed by atoms with E-state index >= 15 is 0 Å². The van der Waals surface area contributed by atoms with E-state index in [4.69, 9.17) is 5.26 Å². The number of nitrogens with zero attached hydrogens (tertiary/aromatic N) is 1. The van der Waals surface area contributed by atoms with Gasteiger partial charge < -0.3 is 5.32 Å². The summed E-state index contributed by atoms with van der Waals surface area (Å²) >= 11 is 0. The van der Waals surface area contributed by atoms with Gasteiger partial charge in [-0.05, 0) is 37.3 Å². The molecule has 0 aliphatic heterocycles. The zero-order valence-corrected chi connectivity index (χ0v) is 11.9. The third kappa shape index (κ3) is 2.89. The van der Waals surface area contributed by atoms with Crippen molar-refractivity contribution < 1.29 is 4.39 Å². The highest BCUT2D eigenvalue weighted by atomic mass is 19.1. The van der Waals surface area contributed by atoms with Crippen LogP contribution < -0.4 is 5.32 Å². The lowest BCUT2D eigenvalue weighted by molar-refractivity contribution is 0.217. The molecule has 0 spiro atoms. The van der Waals surface area contributed by atoms with E-state index in [0.29, 0.717) is 17.2 Å². The monoisotopic (exact) mass is 260 g/mol. The highest BCUT2D eigenvalue weighted by Gasteiger charge is 2.32. The molecule has 2 rings (SSSR count). The predicted molar refractivity (Wildman–Crippen MR) is 75.5 cm³/mol. The molecule has 1 saturated carbocycles. The van der Waals surface area contributed by atoms with E-state index in [1.165, 1.54) is 25.3 Å². The van der Waals surface area contributed by atoms with Crippen molar-refractivity contribution in [2.24, 2.45) is 5.41 Å². The Balaban J connectivity index is 2.28. The first-order valence-corrected chi connectivity index (χ1v) is 6.91. The van der Waals surface area contributed by atoms with E-state index in [2.05, 4.69) is 19.2 Å². The molecular formula is C16H21FN2. The average Bonchev–Trinajstić information content (AvgIpc) is 2.36. The summed E-state index contributed by atoms with van der Waals surface area (Å²) in [6.45, 7) is 6.27. The summed E-state index contributed by atoms with van der Waals surface area (Å²) in [6.07, 6.45) is 4.76. The standard InChI is InChI=1S/C16H21FN2/c1-11-13(17)8-12(10-18)9-14(11)19-15-6-4-5-7-16(15,2)3/h8-9,15,19H,4-7H2,1-3H3. The van der Waals surface area contributed by atoms with Crippen molar-refractivity contribution in [3.05, 3.63) is 29.1 Å². The lowest BCUT2D eigenvalue weighted by Crippen LogP contribution is -2.39. The number of rotatable bonds is 2. The summed E-state index contributed by atoms with van der Waals surface area (Å²) in [5, 5.41) is 12.4. The van der Waals surface area contributed by atoms with Gasteiger partial charge in [0.25, 0.3) is 0 Å². The Hall–Kier alpha value is -1.56. The second-order valence-electron chi connectivity index (χ2n) is 6.17. The molecule has 0 saturated heterocycles. The van der Waals surface area contributed by atoms with E-state index in [-0.39, 0.29) is 11.2 Å². The van der Waals surface area contributed by atoms with Gasteiger partial charge in [-0.3, -0.25) is 0 Å². The second-order valence-corrected chi connectivity index (χ2v) is 6.17. The maximum atomic E-state index is 13.8. The van der Waals surface area contributed by atoms with Crippen LogP contribution in [0, 0.1) is 29.5 Å². The number of nitrogens with one attached hydrogen (secondary N) is 1. The average molecular weight is 260 g/mol. The minimum atomic E-state index is -0.310. The molecule has 1 unspecified atom stereocenters. The van der Waals surface area contributed by atoms with E-state index in [0.717, 1.165) is 12.1 Å². The maximum Gasteiger partial charge on any atom is 0.129 e. The van der Waals surface area contributed by atoms with Crippen LogP contribution in [0.5, 0.6) is 0 Å². The fourth-order valence-electron chi connectivity index (χ4n) is 2.84. The number of halogens is 1. The van der Waals surface area contributed by atoms with Crippen molar-refractivity contribution in [1.82, 2.24) is 0 Å². The molecule has 0 bridgehead atoms. The van der Waals surface area contributed by atoms with Gasteiger partial charge in [-0.25, -0.2) is 4.39 Å². The van der Waals surface area contributed by atoms with Gasteiger partial charge in [0.15, 0.2) is 0 Å². The van der Waals surface area contributed by atoms with Crippen molar-refractivity contribution >= 4 is 5.69 Å². The fraction of sp³-hybridized carbons (Fsp3) is 0.562. The molecule has 1 aliphatic carbocycles. The van der Waals surface area contributed by atoms with Crippen molar-refractivity contribution in [2.45, 2.75) is 52.5 Å². The molecule has 1 aliphatic rings. The van der Waals surface area contributed by atoms with Gasteiger partial charge in [0.2, 0.25) is 0 Å². The van der Waals surface area contributed by atoms with Crippen molar-refractivity contribution in [2.75, 3.05) is 5.32 Å². The van der Waals surface area contributed by atoms with Crippen LogP contribution in [0.2, 0.25) is 0 Å². The molecule has 19 heavy (non-hydrogen) atoms. The number of hydrogen-bond donors (Lipinski definition) is 1. The Bertz CT molecular complexity index is 514. The summed E-state index contributed by atoms with van der Waals surface area (Å²) in [4.78, 5) is 0. The molecule has 1 N–H and O–H groups in total. The Kier molecular flexibility index (Phi) is 3.80. The third-order valence-electron chi connectivity index (χ3n) is 4.31. The Morgan fingerprint density at radius 1 is 1.37 bits per heavy atom. The predicted octanol–water partition coefficient (Wildman–Crippen LogP) is 4.39. The highest BCUT2D eigenvalue weighted by Crippen LogP contribution is 2.38. The number of nitriles is 1. The lowest BCUT2D eigenvalue weighted by Gasteiger charge is -2.40. The molecule has 0 amide bonds. The first-order chi connectivity index (χ1) is 8.94. The van der Waals surface area contributed by atoms with Gasteiger partial charge in [0, 0.05) is 17.3 Å². The smallest absolute Gasteiger partial charge is 0.129 e. The van der Waals surface area contributed by atoms with Crippen LogP contribution >= 0.6 is 0 Å². The second kappa shape index (κ2) is 5.21. The van der Waals surface area contributed by atoms with E-state index < -0.39 is 0 Å². The van der Waals surface area contributed by atoms with E-state index in [1.54, 1.807) is 13.0 Å². The molecule has 2 nitrogen and oxygen atoms in total. The van der Waals surface area contributed by atoms with Crippen LogP contribution in [0.15, 0.2) is 12.1 Å². The van der Waals surface area contributed by atoms with Gasteiger partial charge in [-0.2, -0.15) is 5.26 Å². The molecule has 3 heteroatoms. The van der Waals surface area contributed by atoms with Crippen molar-refractivity contribution in [1.29, 1.82) is 5.26 Å². The molecule has 1 aromatic carbocycles. The highest BCUT2D eigenvalue weighted by molar-refractivity contribution is 5.56. The third-order valence-corrected chi connectivity index (χ3v) is 4.31. The van der Waals surface area contributed by atoms with Crippen molar-refractivity contribution in [3.63, 3.8) is 0 Å². The molecule has 102 valence electrons. The molecule has 0 radical (unpaired) electrons. The van der Waals surface area contributed by atoms with Crippen LogP contribution in [0.25, 0.3) is 0 Å². The zero-order valence-electron chi connectivity index (χ0n) is 11.9. The molecule has 1 atom stereocenters. The SMILES string of the molecule is Cc1c(F)cc(C#N)cc1NC1CCCCC1(C)C. The van der Waals surface area contributed by atoms with Gasteiger partial charge in [0.1, 0.15) is 5.82 Å². The lowest BCUT2D eigenvalue weighted by atomic mass is 9.73. The number of benzene rings is 1. The largest absolute Gasteiger partial charge is 0.381 e. The molecule has 0 heterocycles. The van der Waals surface area contributed by atoms with Gasteiger partial charge in [-0.15, -0.1) is 0 Å². The Labute approximate surface area is 114 Å². The van der Waals surface area contributed by atoms with Gasteiger partial charge in [0.05, 0.1) is 11.6 Å². The molecule has 0 aromatic heterocycles. The molecule has 1 aromatic rings. The van der Waals surface area contributed by atoms with Gasteiger partial charge >= 0.3 is 0 Å². The van der Waals surface area contributed by atoms with Crippen LogP contribution in [0.1, 0.15) is 50.7 Å². The van der Waals surface area contributed by atoms with Crippen LogP contribution in [0.4, 0.5) is 10.1 Å². The quantitative estimate of drug-likeness (QED) is 0.856. The fourth-order valence-corrected chi connectivity index (χ4v) is 2.84. The first-order valence-electron chi connectivity index (χ1n) is 6.91. The van der Waals surface area contributed by atoms with Crippen LogP contribution in [0.3, 0.4) is 0 Å². The summed E-state index contributed by atoms with van der Waals surface area (Å²) < 4.78 is 13.8. The number of anilines is 1. The van der Waals surface area contributed by atoms with Crippen LogP contribution in [-0.2, 0) is 0 Å². The normalized spacial score (nSPS) is 21.7. The Morgan fingerprint density at radius 3 is 2.74 bits per heavy atom. The first kappa shape index (κ1) is 13.9. The minimum absolute atomic E-state index is 0.212. The molecular weight excluding hydrogens is 239 g/mol. The van der Waals surface area contributed by atoms with E-state index in [9.17, 15) is 4.39 Å². The summed E-state index contributed by atoms with van der Waals surface area (Å²) in [5.41, 5.74) is 1.94. The molecule has 1 fully saturated rings. The number of hydrogen-bond acceptors (Lipinski definition) is 2. The Morgan fingerprint density at radius 2 is 2.11 bits per heavy atom. The minimum Gasteiger partial charge on any atom is -0.381 e. The summed E-state index contributed by atoms with van der Waals surface area (Å²) in [6, 6.07) is 5.41. The topological polar surface area (TPSA) is 35.8 Å². The summed E-state index contributed by atoms with van der Waals surface area (Å²) in [7, 11) is 0. The van der Waals surface area contributed by atoms with Gasteiger partial charge in [-0.1, -0.05) is 26.7 Å². The zero-order chi connectivity index (χ0) is 14.0. The summed E-state index contributed by atoms with van der Waals surface area (Å²) in [5.74, 6) is -0.310. The maximum absolute atomic E-state index is 13.8. The van der Waals surface area contributed by atoms with Crippen molar-refractivity contribution in [3.8, 4) is 6.07 Å². The van der Waals surface area contributed by atoms with E-state index in [1.807, 2.05) is 6.07 Å². The van der Waals surface area contributed by atoms with Crippen LogP contribution in [-0.4, -0.2) is 6.04 Å².